The number of aromatic nitrogens is 2. The molecule has 3 heterocycles. The normalized spacial score (nSPS) is 15.4. The fraction of sp³-hybridized carbons (Fsp3) is 0.350. The van der Waals surface area contributed by atoms with E-state index in [1.54, 1.807) is 18.0 Å². The van der Waals surface area contributed by atoms with Crippen LogP contribution in [0.4, 0.5) is 0 Å². The lowest BCUT2D eigenvalue weighted by atomic mass is 10.2. The van der Waals surface area contributed by atoms with Gasteiger partial charge in [-0.15, -0.1) is 11.3 Å². The van der Waals surface area contributed by atoms with Gasteiger partial charge in [-0.25, -0.2) is 4.98 Å². The SMILES string of the molecule is CCN(CC1COc2ccccc2O1)C(=O)CSc1nc2sccc2c(=O)n1C. The number of thioether (sulfide) groups is 1. The van der Waals surface area contributed by atoms with Crippen molar-refractivity contribution in [3.8, 4) is 11.5 Å². The Hall–Kier alpha value is -2.52. The molecule has 1 aliphatic heterocycles. The fourth-order valence-corrected chi connectivity index (χ4v) is 4.81. The van der Waals surface area contributed by atoms with Crippen molar-refractivity contribution >= 4 is 39.2 Å². The quantitative estimate of drug-likeness (QED) is 0.441. The van der Waals surface area contributed by atoms with Gasteiger partial charge in [0, 0.05) is 13.6 Å². The first-order valence-electron chi connectivity index (χ1n) is 9.30. The van der Waals surface area contributed by atoms with E-state index in [1.165, 1.54) is 27.7 Å². The number of benzene rings is 1. The van der Waals surface area contributed by atoms with Gasteiger partial charge in [0.15, 0.2) is 22.8 Å². The number of likely N-dealkylation sites (N-methyl/N-ethyl adjacent to an activating group) is 1. The molecule has 1 unspecified atom stereocenters. The smallest absolute Gasteiger partial charge is 0.262 e. The molecule has 0 saturated heterocycles. The van der Waals surface area contributed by atoms with Crippen LogP contribution in [0.2, 0.25) is 0 Å². The second-order valence-corrected chi connectivity index (χ2v) is 8.45. The first-order valence-corrected chi connectivity index (χ1v) is 11.2. The Morgan fingerprint density at radius 3 is 2.93 bits per heavy atom. The number of amides is 1. The highest BCUT2D eigenvalue weighted by Crippen LogP contribution is 2.31. The van der Waals surface area contributed by atoms with Gasteiger partial charge < -0.3 is 14.4 Å². The molecule has 0 aliphatic carbocycles. The second kappa shape index (κ2) is 8.46. The van der Waals surface area contributed by atoms with Crippen LogP contribution in [-0.2, 0) is 11.8 Å². The lowest BCUT2D eigenvalue weighted by Crippen LogP contribution is -2.44. The lowest BCUT2D eigenvalue weighted by molar-refractivity contribution is -0.129. The zero-order chi connectivity index (χ0) is 20.4. The summed E-state index contributed by atoms with van der Waals surface area (Å²) in [4.78, 5) is 32.1. The highest BCUT2D eigenvalue weighted by molar-refractivity contribution is 7.99. The van der Waals surface area contributed by atoms with Crippen LogP contribution in [0.1, 0.15) is 6.92 Å². The van der Waals surface area contributed by atoms with E-state index in [1.807, 2.05) is 36.6 Å². The van der Waals surface area contributed by atoms with Gasteiger partial charge in [0.2, 0.25) is 5.91 Å². The number of hydrogen-bond donors (Lipinski definition) is 0. The second-order valence-electron chi connectivity index (χ2n) is 6.62. The molecule has 1 atom stereocenters. The minimum atomic E-state index is -0.219. The van der Waals surface area contributed by atoms with Crippen molar-refractivity contribution in [2.24, 2.45) is 7.05 Å². The number of nitrogens with zero attached hydrogens (tertiary/aromatic N) is 3. The van der Waals surface area contributed by atoms with E-state index in [0.29, 0.717) is 40.8 Å². The molecule has 0 radical (unpaired) electrons. The number of hydrogen-bond acceptors (Lipinski definition) is 7. The van der Waals surface area contributed by atoms with Crippen molar-refractivity contribution < 1.29 is 14.3 Å². The van der Waals surface area contributed by atoms with Crippen LogP contribution in [0.3, 0.4) is 0 Å². The molecule has 9 heteroatoms. The van der Waals surface area contributed by atoms with Gasteiger partial charge >= 0.3 is 0 Å². The summed E-state index contributed by atoms with van der Waals surface area (Å²) in [5, 5.41) is 3.00. The maximum Gasteiger partial charge on any atom is 0.262 e. The summed E-state index contributed by atoms with van der Waals surface area (Å²) in [6.07, 6.45) is -0.219. The summed E-state index contributed by atoms with van der Waals surface area (Å²) in [5.74, 6) is 1.60. The molecule has 1 amide bonds. The van der Waals surface area contributed by atoms with Crippen LogP contribution >= 0.6 is 23.1 Å². The Labute approximate surface area is 176 Å². The van der Waals surface area contributed by atoms with Crippen LogP contribution < -0.4 is 15.0 Å². The number of para-hydroxylation sites is 2. The van der Waals surface area contributed by atoms with Gasteiger partial charge in [-0.3, -0.25) is 14.2 Å². The summed E-state index contributed by atoms with van der Waals surface area (Å²) in [5.41, 5.74) is -0.0926. The van der Waals surface area contributed by atoms with Crippen molar-refractivity contribution in [2.45, 2.75) is 18.2 Å². The zero-order valence-corrected chi connectivity index (χ0v) is 17.8. The average molecular weight is 432 g/mol. The Morgan fingerprint density at radius 1 is 1.34 bits per heavy atom. The summed E-state index contributed by atoms with van der Waals surface area (Å²) >= 11 is 2.70. The lowest BCUT2D eigenvalue weighted by Gasteiger charge is -2.30. The number of carbonyl (C=O) groups is 1. The van der Waals surface area contributed by atoms with Crippen molar-refractivity contribution in [2.75, 3.05) is 25.4 Å². The Kier molecular flexibility index (Phi) is 5.77. The molecule has 1 aliphatic rings. The predicted molar refractivity (Wildman–Crippen MR) is 114 cm³/mol. The number of ether oxygens (including phenoxy) is 2. The molecule has 3 aromatic rings. The number of thiophene rings is 1. The minimum Gasteiger partial charge on any atom is -0.486 e. The molecule has 0 bridgehead atoms. The van der Waals surface area contributed by atoms with E-state index >= 15 is 0 Å². The van der Waals surface area contributed by atoms with Crippen molar-refractivity contribution in [1.29, 1.82) is 0 Å². The van der Waals surface area contributed by atoms with Crippen LogP contribution in [0.25, 0.3) is 10.2 Å². The van der Waals surface area contributed by atoms with Gasteiger partial charge in [-0.2, -0.15) is 0 Å². The third-order valence-corrected chi connectivity index (χ3v) is 6.54. The first kappa shape index (κ1) is 19.8. The van der Waals surface area contributed by atoms with Crippen LogP contribution in [-0.4, -0.2) is 51.9 Å². The van der Waals surface area contributed by atoms with Crippen LogP contribution in [0, 0.1) is 0 Å². The van der Waals surface area contributed by atoms with Crippen LogP contribution in [0.5, 0.6) is 11.5 Å². The molecule has 152 valence electrons. The van der Waals surface area contributed by atoms with E-state index in [9.17, 15) is 9.59 Å². The Bertz CT molecular complexity index is 1090. The number of carbonyl (C=O) groups excluding carboxylic acids is 1. The molecule has 7 nitrogen and oxygen atoms in total. The Balaban J connectivity index is 1.40. The zero-order valence-electron chi connectivity index (χ0n) is 16.2. The van der Waals surface area contributed by atoms with E-state index in [2.05, 4.69) is 4.98 Å². The van der Waals surface area contributed by atoms with Crippen molar-refractivity contribution in [3.05, 3.63) is 46.1 Å². The standard InChI is InChI=1S/C20H21N3O4S2/c1-3-23(10-13-11-26-15-6-4-5-7-16(15)27-13)17(24)12-29-20-21-18-14(8-9-28-18)19(25)22(20)2/h4-9,13H,3,10-12H2,1-2H3. The monoisotopic (exact) mass is 431 g/mol. The van der Waals surface area contributed by atoms with E-state index in [0.717, 1.165) is 5.75 Å². The molecule has 0 N–H and O–H groups in total. The third-order valence-electron chi connectivity index (χ3n) is 4.71. The minimum absolute atomic E-state index is 0.0273. The van der Waals surface area contributed by atoms with Crippen molar-refractivity contribution in [3.63, 3.8) is 0 Å². The molecule has 0 fully saturated rings. The summed E-state index contributed by atoms with van der Waals surface area (Å²) < 4.78 is 13.2. The number of fused-ring (bicyclic) bond motifs is 2. The van der Waals surface area contributed by atoms with Crippen molar-refractivity contribution in [1.82, 2.24) is 14.5 Å². The average Bonchev–Trinajstić information content (AvgIpc) is 3.22. The van der Waals surface area contributed by atoms with E-state index in [-0.39, 0.29) is 23.3 Å². The maximum absolute atomic E-state index is 12.8. The highest BCUT2D eigenvalue weighted by atomic mass is 32.2. The maximum atomic E-state index is 12.8. The summed E-state index contributed by atoms with van der Waals surface area (Å²) in [6, 6.07) is 9.30. The fourth-order valence-electron chi connectivity index (χ4n) is 3.13. The molecule has 1 aromatic carbocycles. The van der Waals surface area contributed by atoms with Gasteiger partial charge in [0.1, 0.15) is 11.4 Å². The predicted octanol–water partition coefficient (Wildman–Crippen LogP) is 2.78. The molecule has 2 aromatic heterocycles. The molecule has 0 spiro atoms. The topological polar surface area (TPSA) is 73.7 Å². The van der Waals surface area contributed by atoms with Gasteiger partial charge in [0.25, 0.3) is 5.56 Å². The molecular weight excluding hydrogens is 410 g/mol. The Morgan fingerprint density at radius 2 is 2.14 bits per heavy atom. The van der Waals surface area contributed by atoms with E-state index in [4.69, 9.17) is 9.47 Å². The third kappa shape index (κ3) is 4.11. The summed E-state index contributed by atoms with van der Waals surface area (Å²) in [7, 11) is 1.68. The van der Waals surface area contributed by atoms with E-state index < -0.39 is 0 Å². The molecular formula is C20H21N3O4S2. The molecule has 0 saturated carbocycles. The largest absolute Gasteiger partial charge is 0.486 e. The molecule has 4 rings (SSSR count). The number of rotatable bonds is 6. The highest BCUT2D eigenvalue weighted by Gasteiger charge is 2.25. The van der Waals surface area contributed by atoms with Crippen LogP contribution in [0.15, 0.2) is 45.7 Å². The molecule has 29 heavy (non-hydrogen) atoms. The van der Waals surface area contributed by atoms with Gasteiger partial charge in [0.05, 0.1) is 17.7 Å². The van der Waals surface area contributed by atoms with Gasteiger partial charge in [-0.1, -0.05) is 23.9 Å². The first-order chi connectivity index (χ1) is 14.1. The summed E-state index contributed by atoms with van der Waals surface area (Å²) in [6.45, 7) is 3.35. The van der Waals surface area contributed by atoms with Gasteiger partial charge in [-0.05, 0) is 30.5 Å².